The number of fused-ring (bicyclic) bond motifs is 3. The molecule has 1 N–H and O–H groups in total. The molecule has 0 saturated heterocycles. The fourth-order valence-electron chi connectivity index (χ4n) is 5.21. The highest BCUT2D eigenvalue weighted by Crippen LogP contribution is 2.46. The Kier molecular flexibility index (Phi) is 4.58. The van der Waals surface area contributed by atoms with Crippen molar-refractivity contribution in [3.63, 3.8) is 0 Å². The number of carbonyl (C=O) groups excluding carboxylic acids is 2. The zero-order valence-corrected chi connectivity index (χ0v) is 17.9. The van der Waals surface area contributed by atoms with Gasteiger partial charge in [0.2, 0.25) is 0 Å². The molecule has 0 spiro atoms. The van der Waals surface area contributed by atoms with Gasteiger partial charge in [-0.05, 0) is 47.4 Å². The summed E-state index contributed by atoms with van der Waals surface area (Å²) in [5.41, 5.74) is 6.26. The van der Waals surface area contributed by atoms with E-state index < -0.39 is 0 Å². The van der Waals surface area contributed by atoms with Crippen LogP contribution in [0.1, 0.15) is 43.3 Å². The first-order valence-electron chi connectivity index (χ1n) is 11.2. The summed E-state index contributed by atoms with van der Waals surface area (Å²) in [6.07, 6.45) is 0.569. The Morgan fingerprint density at radius 1 is 0.636 bits per heavy atom. The van der Waals surface area contributed by atoms with E-state index in [0.717, 1.165) is 28.1 Å². The van der Waals surface area contributed by atoms with Crippen LogP contribution in [0.15, 0.2) is 103 Å². The summed E-state index contributed by atoms with van der Waals surface area (Å²) in [6, 6.07) is 33.2. The normalized spacial score (nSPS) is 15.5. The molecule has 4 heteroatoms. The van der Waals surface area contributed by atoms with E-state index in [4.69, 9.17) is 0 Å². The van der Waals surface area contributed by atoms with Crippen LogP contribution in [0.5, 0.6) is 0 Å². The maximum atomic E-state index is 13.6. The molecule has 0 saturated carbocycles. The Morgan fingerprint density at radius 3 is 1.70 bits per heavy atom. The van der Waals surface area contributed by atoms with Crippen molar-refractivity contribution in [1.29, 1.82) is 0 Å². The molecule has 160 valence electrons. The fraction of sp³-hybridized carbons (Fsp3) is 0.103. The second kappa shape index (κ2) is 7.75. The minimum absolute atomic E-state index is 0.152. The van der Waals surface area contributed by atoms with E-state index in [-0.39, 0.29) is 23.8 Å². The van der Waals surface area contributed by atoms with Gasteiger partial charge in [0.25, 0.3) is 11.8 Å². The molecule has 4 aromatic rings. The van der Waals surface area contributed by atoms with E-state index >= 15 is 0 Å². The van der Waals surface area contributed by atoms with Crippen molar-refractivity contribution < 1.29 is 9.59 Å². The highest BCUT2D eigenvalue weighted by molar-refractivity contribution is 6.21. The van der Waals surface area contributed by atoms with Crippen LogP contribution < -0.4 is 5.32 Å². The summed E-state index contributed by atoms with van der Waals surface area (Å²) in [6.45, 7) is 0. The molecule has 4 nitrogen and oxygen atoms in total. The topological polar surface area (TPSA) is 49.4 Å². The Balaban J connectivity index is 1.54. The SMILES string of the molecule is O=C1c2ccccc2C(=O)N1C(Cc1ccccc1)C1c2ccccc2Nc2ccccc21. The lowest BCUT2D eigenvalue weighted by atomic mass is 9.78. The molecule has 2 aliphatic heterocycles. The van der Waals surface area contributed by atoms with Gasteiger partial charge in [0, 0.05) is 17.3 Å². The Morgan fingerprint density at radius 2 is 1.12 bits per heavy atom. The molecular formula is C29H22N2O2. The predicted octanol–water partition coefficient (Wildman–Crippen LogP) is 5.78. The molecule has 0 fully saturated rings. The smallest absolute Gasteiger partial charge is 0.261 e. The second-order valence-electron chi connectivity index (χ2n) is 8.56. The zero-order chi connectivity index (χ0) is 22.4. The van der Waals surface area contributed by atoms with Crippen LogP contribution in [0.2, 0.25) is 0 Å². The molecule has 2 aliphatic rings. The van der Waals surface area contributed by atoms with E-state index in [1.54, 1.807) is 12.1 Å². The van der Waals surface area contributed by atoms with Gasteiger partial charge in [-0.15, -0.1) is 0 Å². The van der Waals surface area contributed by atoms with Crippen molar-refractivity contribution in [3.8, 4) is 0 Å². The highest BCUT2D eigenvalue weighted by atomic mass is 16.2. The number of anilines is 2. The molecule has 33 heavy (non-hydrogen) atoms. The first-order valence-corrected chi connectivity index (χ1v) is 11.2. The Labute approximate surface area is 192 Å². The lowest BCUT2D eigenvalue weighted by molar-refractivity contribution is 0.0569. The lowest BCUT2D eigenvalue weighted by Gasteiger charge is -2.38. The van der Waals surface area contributed by atoms with Crippen LogP contribution in [0.25, 0.3) is 0 Å². The van der Waals surface area contributed by atoms with Crippen LogP contribution in [-0.4, -0.2) is 22.8 Å². The summed E-state index contributed by atoms with van der Waals surface area (Å²) in [5.74, 6) is -0.587. The van der Waals surface area contributed by atoms with E-state index in [0.29, 0.717) is 17.5 Å². The van der Waals surface area contributed by atoms with Crippen molar-refractivity contribution in [3.05, 3.63) is 131 Å². The third-order valence-corrected chi connectivity index (χ3v) is 6.69. The van der Waals surface area contributed by atoms with Crippen LogP contribution in [0.3, 0.4) is 0 Å². The van der Waals surface area contributed by atoms with Crippen LogP contribution in [-0.2, 0) is 6.42 Å². The molecule has 1 atom stereocenters. The van der Waals surface area contributed by atoms with Gasteiger partial charge >= 0.3 is 0 Å². The maximum absolute atomic E-state index is 13.6. The predicted molar refractivity (Wildman–Crippen MR) is 129 cm³/mol. The van der Waals surface area contributed by atoms with Crippen molar-refractivity contribution in [2.45, 2.75) is 18.4 Å². The second-order valence-corrected chi connectivity index (χ2v) is 8.56. The number of benzene rings is 4. The van der Waals surface area contributed by atoms with E-state index in [1.165, 1.54) is 4.90 Å². The molecule has 1 unspecified atom stereocenters. The minimum Gasteiger partial charge on any atom is -0.355 e. The molecule has 2 amide bonds. The average molecular weight is 431 g/mol. The van der Waals surface area contributed by atoms with Gasteiger partial charge in [-0.1, -0.05) is 78.9 Å². The molecule has 2 heterocycles. The number of hydrogen-bond donors (Lipinski definition) is 1. The van der Waals surface area contributed by atoms with Gasteiger partial charge in [0.15, 0.2) is 0 Å². The number of amides is 2. The Bertz CT molecular complexity index is 1300. The summed E-state index contributed by atoms with van der Waals surface area (Å²) in [7, 11) is 0. The molecule has 4 aromatic carbocycles. The van der Waals surface area contributed by atoms with Gasteiger partial charge < -0.3 is 5.32 Å². The van der Waals surface area contributed by atoms with Gasteiger partial charge in [0.05, 0.1) is 17.2 Å². The highest BCUT2D eigenvalue weighted by Gasteiger charge is 2.45. The first-order chi connectivity index (χ1) is 16.2. The number of rotatable bonds is 4. The van der Waals surface area contributed by atoms with E-state index in [9.17, 15) is 9.59 Å². The summed E-state index contributed by atoms with van der Waals surface area (Å²) < 4.78 is 0. The number of carbonyl (C=O) groups is 2. The molecule has 0 radical (unpaired) electrons. The standard InChI is InChI=1S/C29H22N2O2/c32-28-20-12-4-5-13-21(20)29(33)31(28)26(18-19-10-2-1-3-11-19)27-22-14-6-8-16-24(22)30-25-17-9-7-15-23(25)27/h1-17,26-27,30H,18H2. The van der Waals surface area contributed by atoms with Crippen molar-refractivity contribution in [2.24, 2.45) is 0 Å². The van der Waals surface area contributed by atoms with Crippen LogP contribution in [0.4, 0.5) is 11.4 Å². The quantitative estimate of drug-likeness (QED) is 0.417. The van der Waals surface area contributed by atoms with E-state index in [2.05, 4.69) is 41.7 Å². The molecule has 6 rings (SSSR count). The number of imide groups is 1. The van der Waals surface area contributed by atoms with Gasteiger partial charge in [-0.3, -0.25) is 14.5 Å². The van der Waals surface area contributed by atoms with Crippen LogP contribution >= 0.6 is 0 Å². The van der Waals surface area contributed by atoms with Gasteiger partial charge in [-0.25, -0.2) is 0 Å². The maximum Gasteiger partial charge on any atom is 0.261 e. The monoisotopic (exact) mass is 430 g/mol. The van der Waals surface area contributed by atoms with Crippen LogP contribution in [0, 0.1) is 0 Å². The van der Waals surface area contributed by atoms with Crippen molar-refractivity contribution in [2.75, 3.05) is 5.32 Å². The molecule has 0 aliphatic carbocycles. The summed E-state index contributed by atoms with van der Waals surface area (Å²) >= 11 is 0. The number of hydrogen-bond acceptors (Lipinski definition) is 3. The Hall–Kier alpha value is -4.18. The number of nitrogens with zero attached hydrogens (tertiary/aromatic N) is 1. The fourth-order valence-corrected chi connectivity index (χ4v) is 5.21. The molecular weight excluding hydrogens is 408 g/mol. The van der Waals surface area contributed by atoms with Crippen molar-refractivity contribution in [1.82, 2.24) is 4.90 Å². The molecule has 0 aromatic heterocycles. The number of para-hydroxylation sites is 2. The largest absolute Gasteiger partial charge is 0.355 e. The third-order valence-electron chi connectivity index (χ3n) is 6.69. The van der Waals surface area contributed by atoms with Gasteiger partial charge in [-0.2, -0.15) is 0 Å². The third kappa shape index (κ3) is 3.14. The summed E-state index contributed by atoms with van der Waals surface area (Å²) in [5, 5.41) is 3.53. The summed E-state index contributed by atoms with van der Waals surface area (Å²) in [4.78, 5) is 28.7. The lowest BCUT2D eigenvalue weighted by Crippen LogP contribution is -2.46. The minimum atomic E-state index is -0.371. The van der Waals surface area contributed by atoms with Gasteiger partial charge in [0.1, 0.15) is 0 Å². The van der Waals surface area contributed by atoms with Crippen molar-refractivity contribution >= 4 is 23.2 Å². The number of nitrogens with one attached hydrogen (secondary N) is 1. The average Bonchev–Trinajstić information content (AvgIpc) is 3.12. The first kappa shape index (κ1) is 19.5. The molecule has 0 bridgehead atoms. The van der Waals surface area contributed by atoms with E-state index in [1.807, 2.05) is 54.6 Å². The zero-order valence-electron chi connectivity index (χ0n) is 17.9.